The van der Waals surface area contributed by atoms with Crippen LogP contribution in [0.5, 0.6) is 0 Å². The van der Waals surface area contributed by atoms with Gasteiger partial charge in [-0.05, 0) is 26.8 Å². The first-order valence-electron chi connectivity index (χ1n) is 5.20. The largest absolute Gasteiger partial charge is 0.370 e. The molecule has 0 unspecified atom stereocenters. The molecule has 0 heterocycles. The number of hydrogen-bond donors (Lipinski definition) is 2. The van der Waals surface area contributed by atoms with E-state index in [9.17, 15) is 4.39 Å². The first-order chi connectivity index (χ1) is 7.38. The highest BCUT2D eigenvalue weighted by Crippen LogP contribution is 2.07. The van der Waals surface area contributed by atoms with Crippen LogP contribution in [0.2, 0.25) is 0 Å². The van der Waals surface area contributed by atoms with Gasteiger partial charge in [-0.1, -0.05) is 18.2 Å². The molecule has 0 aromatic heterocycles. The molecule has 5 heteroatoms. The fourth-order valence-electron chi connectivity index (χ4n) is 1.22. The van der Waals surface area contributed by atoms with Crippen LogP contribution < -0.4 is 11.1 Å². The molecule has 0 bridgehead atoms. The Labute approximate surface area is 119 Å². The highest BCUT2D eigenvalue weighted by Gasteiger charge is 2.09. The lowest BCUT2D eigenvalue weighted by molar-refractivity contribution is 0.508. The van der Waals surface area contributed by atoms with E-state index in [4.69, 9.17) is 5.73 Å². The number of aliphatic imine (C=N–C) groups is 1. The lowest BCUT2D eigenvalue weighted by Crippen LogP contribution is -2.44. The van der Waals surface area contributed by atoms with Gasteiger partial charge in [-0.2, -0.15) is 0 Å². The van der Waals surface area contributed by atoms with Gasteiger partial charge in [0.25, 0.3) is 0 Å². The van der Waals surface area contributed by atoms with Crippen LogP contribution in [0.15, 0.2) is 29.3 Å². The second-order valence-electron chi connectivity index (χ2n) is 4.67. The highest BCUT2D eigenvalue weighted by molar-refractivity contribution is 14.0. The van der Waals surface area contributed by atoms with Crippen molar-refractivity contribution in [3.05, 3.63) is 35.6 Å². The van der Waals surface area contributed by atoms with Gasteiger partial charge in [0.05, 0.1) is 6.54 Å². The molecule has 0 aliphatic rings. The van der Waals surface area contributed by atoms with Gasteiger partial charge in [0.2, 0.25) is 0 Å². The van der Waals surface area contributed by atoms with E-state index in [2.05, 4.69) is 10.3 Å². The summed E-state index contributed by atoms with van der Waals surface area (Å²) in [5.41, 5.74) is 6.08. The van der Waals surface area contributed by atoms with E-state index in [1.807, 2.05) is 20.8 Å². The minimum Gasteiger partial charge on any atom is -0.370 e. The smallest absolute Gasteiger partial charge is 0.189 e. The van der Waals surface area contributed by atoms with Crippen molar-refractivity contribution in [2.45, 2.75) is 32.9 Å². The van der Waals surface area contributed by atoms with Crippen LogP contribution in [0, 0.1) is 5.82 Å². The molecule has 0 aliphatic carbocycles. The van der Waals surface area contributed by atoms with Crippen molar-refractivity contribution in [2.75, 3.05) is 0 Å². The zero-order valence-electron chi connectivity index (χ0n) is 10.3. The zero-order valence-corrected chi connectivity index (χ0v) is 12.7. The Bertz CT molecular complexity index is 386. The number of nitrogens with two attached hydrogens (primary N) is 1. The molecule has 1 aromatic rings. The molecule has 0 aliphatic heterocycles. The van der Waals surface area contributed by atoms with E-state index < -0.39 is 0 Å². The van der Waals surface area contributed by atoms with Crippen molar-refractivity contribution in [1.29, 1.82) is 0 Å². The van der Waals surface area contributed by atoms with Crippen LogP contribution in [0.25, 0.3) is 0 Å². The number of nitrogens with one attached hydrogen (secondary N) is 1. The van der Waals surface area contributed by atoms with Gasteiger partial charge in [-0.3, -0.25) is 0 Å². The van der Waals surface area contributed by atoms with Gasteiger partial charge in [0, 0.05) is 11.1 Å². The molecule has 0 radical (unpaired) electrons. The topological polar surface area (TPSA) is 50.4 Å². The van der Waals surface area contributed by atoms with E-state index in [0.717, 1.165) is 0 Å². The molecule has 0 fully saturated rings. The Morgan fingerprint density at radius 3 is 2.47 bits per heavy atom. The SMILES string of the molecule is CC(C)(C)NC(N)=NCc1ccccc1F.I. The molecule has 96 valence electrons. The van der Waals surface area contributed by atoms with E-state index in [1.165, 1.54) is 6.07 Å². The van der Waals surface area contributed by atoms with Gasteiger partial charge >= 0.3 is 0 Å². The summed E-state index contributed by atoms with van der Waals surface area (Å²) in [4.78, 5) is 4.08. The first-order valence-corrected chi connectivity index (χ1v) is 5.20. The fraction of sp³-hybridized carbons (Fsp3) is 0.417. The van der Waals surface area contributed by atoms with Crippen LogP contribution in [0.3, 0.4) is 0 Å². The Kier molecular flexibility index (Phi) is 6.44. The van der Waals surface area contributed by atoms with Crippen molar-refractivity contribution in [1.82, 2.24) is 5.32 Å². The van der Waals surface area contributed by atoms with Gasteiger partial charge in [0.15, 0.2) is 5.96 Å². The zero-order chi connectivity index (χ0) is 12.2. The molecule has 0 spiro atoms. The summed E-state index contributed by atoms with van der Waals surface area (Å²) in [5.74, 6) is 0.0746. The second-order valence-corrected chi connectivity index (χ2v) is 4.67. The molecule has 1 aromatic carbocycles. The minimum absolute atomic E-state index is 0. The normalized spacial score (nSPS) is 11.9. The first kappa shape index (κ1) is 16.1. The Morgan fingerprint density at radius 1 is 1.35 bits per heavy atom. The summed E-state index contributed by atoms with van der Waals surface area (Å²) in [6, 6.07) is 6.54. The molecule has 0 saturated heterocycles. The number of halogens is 2. The molecule has 0 amide bonds. The van der Waals surface area contributed by atoms with Crippen molar-refractivity contribution < 1.29 is 4.39 Å². The summed E-state index contributed by atoms with van der Waals surface area (Å²) in [5, 5.41) is 3.01. The Hall–Kier alpha value is -0.850. The van der Waals surface area contributed by atoms with Crippen molar-refractivity contribution >= 4 is 29.9 Å². The molecule has 0 atom stereocenters. The molecule has 0 saturated carbocycles. The summed E-state index contributed by atoms with van der Waals surface area (Å²) in [7, 11) is 0. The average molecular weight is 351 g/mol. The standard InChI is InChI=1S/C12H18FN3.HI/c1-12(2,3)16-11(14)15-8-9-6-4-5-7-10(9)13;/h4-7H,8H2,1-3H3,(H3,14,15,16);1H. The van der Waals surface area contributed by atoms with Crippen molar-refractivity contribution in [2.24, 2.45) is 10.7 Å². The monoisotopic (exact) mass is 351 g/mol. The van der Waals surface area contributed by atoms with E-state index in [0.29, 0.717) is 11.5 Å². The second kappa shape index (κ2) is 6.78. The predicted octanol–water partition coefficient (Wildman–Crippen LogP) is 2.65. The average Bonchev–Trinajstić information content (AvgIpc) is 2.14. The highest BCUT2D eigenvalue weighted by atomic mass is 127. The lowest BCUT2D eigenvalue weighted by atomic mass is 10.1. The third-order valence-electron chi connectivity index (χ3n) is 1.88. The molecule has 1 rings (SSSR count). The minimum atomic E-state index is -0.255. The summed E-state index contributed by atoms with van der Waals surface area (Å²) in [6.45, 7) is 6.21. The number of nitrogens with zero attached hydrogens (tertiary/aromatic N) is 1. The number of rotatable bonds is 2. The summed E-state index contributed by atoms with van der Waals surface area (Å²) in [6.07, 6.45) is 0. The number of guanidine groups is 1. The summed E-state index contributed by atoms with van der Waals surface area (Å²) < 4.78 is 13.2. The fourth-order valence-corrected chi connectivity index (χ4v) is 1.22. The van der Waals surface area contributed by atoms with Crippen LogP contribution in [-0.2, 0) is 6.54 Å². The molecule has 3 nitrogen and oxygen atoms in total. The molecule has 17 heavy (non-hydrogen) atoms. The lowest BCUT2D eigenvalue weighted by Gasteiger charge is -2.20. The quantitative estimate of drug-likeness (QED) is 0.489. The maximum Gasteiger partial charge on any atom is 0.189 e. The number of hydrogen-bond acceptors (Lipinski definition) is 1. The maximum absolute atomic E-state index is 13.2. The van der Waals surface area contributed by atoms with E-state index >= 15 is 0 Å². The van der Waals surface area contributed by atoms with Gasteiger partial charge in [-0.15, -0.1) is 24.0 Å². The molecule has 3 N–H and O–H groups in total. The van der Waals surface area contributed by atoms with Crippen LogP contribution in [0.1, 0.15) is 26.3 Å². The Balaban J connectivity index is 0.00000256. The van der Waals surface area contributed by atoms with Crippen molar-refractivity contribution in [3.63, 3.8) is 0 Å². The van der Waals surface area contributed by atoms with Crippen LogP contribution >= 0.6 is 24.0 Å². The van der Waals surface area contributed by atoms with Gasteiger partial charge < -0.3 is 11.1 Å². The van der Waals surface area contributed by atoms with E-state index in [-0.39, 0.29) is 41.9 Å². The van der Waals surface area contributed by atoms with Gasteiger partial charge in [-0.25, -0.2) is 9.38 Å². The maximum atomic E-state index is 13.2. The van der Waals surface area contributed by atoms with Crippen LogP contribution in [-0.4, -0.2) is 11.5 Å². The van der Waals surface area contributed by atoms with Crippen molar-refractivity contribution in [3.8, 4) is 0 Å². The predicted molar refractivity (Wildman–Crippen MR) is 80.0 cm³/mol. The van der Waals surface area contributed by atoms with Gasteiger partial charge in [0.1, 0.15) is 5.82 Å². The number of benzene rings is 1. The Morgan fingerprint density at radius 2 is 1.94 bits per heavy atom. The summed E-state index contributed by atoms with van der Waals surface area (Å²) >= 11 is 0. The van der Waals surface area contributed by atoms with E-state index in [1.54, 1.807) is 18.2 Å². The molecular weight excluding hydrogens is 332 g/mol. The third kappa shape index (κ3) is 6.45. The van der Waals surface area contributed by atoms with Crippen LogP contribution in [0.4, 0.5) is 4.39 Å². The molecular formula is C12H19FIN3. The third-order valence-corrected chi connectivity index (χ3v) is 1.88.